The summed E-state index contributed by atoms with van der Waals surface area (Å²) in [4.78, 5) is 15.1. The number of hydrogen-bond donors (Lipinski definition) is 2. The number of carbonyl (C=O) groups is 1. The lowest BCUT2D eigenvalue weighted by molar-refractivity contribution is 0.100. The molecule has 19 heavy (non-hydrogen) atoms. The van der Waals surface area contributed by atoms with Crippen LogP contribution in [0.5, 0.6) is 0 Å². The van der Waals surface area contributed by atoms with Gasteiger partial charge in [-0.1, -0.05) is 0 Å². The predicted molar refractivity (Wildman–Crippen MR) is 79.7 cm³/mol. The number of thiophene rings is 2. The van der Waals surface area contributed by atoms with Crippen LogP contribution in [0.1, 0.15) is 37.0 Å². The highest BCUT2D eigenvalue weighted by Gasteiger charge is 2.14. The Morgan fingerprint density at radius 2 is 2.11 bits per heavy atom. The number of aryl methyl sites for hydroxylation is 2. The van der Waals surface area contributed by atoms with Crippen LogP contribution in [0, 0.1) is 0 Å². The topological polar surface area (TPSA) is 55.1 Å². The Bertz CT molecular complexity index is 579. The van der Waals surface area contributed by atoms with Crippen LogP contribution in [0.3, 0.4) is 0 Å². The largest absolute Gasteiger partial charge is 0.366 e. The number of rotatable bonds is 5. The summed E-state index contributed by atoms with van der Waals surface area (Å²) >= 11 is 3.51. The minimum atomic E-state index is -0.350. The summed E-state index contributed by atoms with van der Waals surface area (Å²) in [6, 6.07) is 4.21. The van der Waals surface area contributed by atoms with Gasteiger partial charge in [0.25, 0.3) is 0 Å². The van der Waals surface area contributed by atoms with Crippen molar-refractivity contribution in [1.82, 2.24) is 5.32 Å². The normalized spacial score (nSPS) is 13.7. The molecule has 3 N–H and O–H groups in total. The fourth-order valence-electron chi connectivity index (χ4n) is 2.39. The van der Waals surface area contributed by atoms with Crippen molar-refractivity contribution in [2.45, 2.75) is 32.4 Å². The fraction of sp³-hybridized carbons (Fsp3) is 0.357. The molecule has 2 heterocycles. The second-order valence-corrected chi connectivity index (χ2v) is 7.00. The summed E-state index contributed by atoms with van der Waals surface area (Å²) in [6.07, 6.45) is 3.82. The molecule has 0 spiro atoms. The van der Waals surface area contributed by atoms with E-state index in [1.807, 2.05) is 22.8 Å². The van der Waals surface area contributed by atoms with Crippen molar-refractivity contribution >= 4 is 28.6 Å². The Morgan fingerprint density at radius 1 is 1.26 bits per heavy atom. The molecule has 3 rings (SSSR count). The molecular weight excluding hydrogens is 276 g/mol. The highest BCUT2D eigenvalue weighted by atomic mass is 32.1. The Hall–Kier alpha value is -1.17. The summed E-state index contributed by atoms with van der Waals surface area (Å²) in [7, 11) is 0. The van der Waals surface area contributed by atoms with Crippen LogP contribution in [0.4, 0.5) is 0 Å². The van der Waals surface area contributed by atoms with Gasteiger partial charge in [-0.05, 0) is 37.0 Å². The van der Waals surface area contributed by atoms with Gasteiger partial charge in [0.2, 0.25) is 5.91 Å². The number of nitrogens with one attached hydrogen (secondary N) is 1. The first kappa shape index (κ1) is 12.8. The van der Waals surface area contributed by atoms with E-state index in [2.05, 4.69) is 11.4 Å². The van der Waals surface area contributed by atoms with Crippen LogP contribution in [0.15, 0.2) is 17.5 Å². The van der Waals surface area contributed by atoms with Crippen molar-refractivity contribution in [2.24, 2.45) is 5.73 Å². The van der Waals surface area contributed by atoms with Gasteiger partial charge in [0, 0.05) is 33.1 Å². The molecular formula is C14H16N2OS2. The number of carbonyl (C=O) groups excluding carboxylic acids is 1. The molecule has 5 heteroatoms. The van der Waals surface area contributed by atoms with Gasteiger partial charge in [0.15, 0.2) is 0 Å². The smallest absolute Gasteiger partial charge is 0.249 e. The first-order chi connectivity index (χ1) is 9.22. The molecule has 0 atom stereocenters. The molecule has 1 amide bonds. The molecule has 1 aliphatic carbocycles. The lowest BCUT2D eigenvalue weighted by Crippen LogP contribution is -2.11. The third-order valence-corrected chi connectivity index (χ3v) is 5.51. The fourth-order valence-corrected chi connectivity index (χ4v) is 4.46. The monoisotopic (exact) mass is 292 g/mol. The predicted octanol–water partition coefficient (Wildman–Crippen LogP) is 2.69. The number of hydrogen-bond acceptors (Lipinski definition) is 4. The van der Waals surface area contributed by atoms with Gasteiger partial charge in [-0.3, -0.25) is 4.79 Å². The van der Waals surface area contributed by atoms with Crippen LogP contribution >= 0.6 is 22.7 Å². The van der Waals surface area contributed by atoms with Crippen LogP contribution in [-0.2, 0) is 25.9 Å². The van der Waals surface area contributed by atoms with Crippen LogP contribution in [0.2, 0.25) is 0 Å². The summed E-state index contributed by atoms with van der Waals surface area (Å²) in [5.41, 5.74) is 7.40. The first-order valence-electron chi connectivity index (χ1n) is 6.41. The summed E-state index contributed by atoms with van der Waals surface area (Å²) in [6.45, 7) is 1.70. The zero-order valence-electron chi connectivity index (χ0n) is 10.6. The van der Waals surface area contributed by atoms with E-state index in [0.29, 0.717) is 5.56 Å². The molecule has 0 aliphatic heterocycles. The van der Waals surface area contributed by atoms with E-state index in [-0.39, 0.29) is 5.91 Å². The van der Waals surface area contributed by atoms with E-state index >= 15 is 0 Å². The van der Waals surface area contributed by atoms with Gasteiger partial charge in [-0.2, -0.15) is 0 Å². The van der Waals surface area contributed by atoms with Crippen molar-refractivity contribution in [3.8, 4) is 0 Å². The number of primary amides is 1. The molecule has 2 aromatic heterocycles. The third kappa shape index (κ3) is 2.88. The van der Waals surface area contributed by atoms with Gasteiger partial charge in [-0.15, -0.1) is 22.7 Å². The maximum atomic E-state index is 11.0. The van der Waals surface area contributed by atoms with Crippen molar-refractivity contribution < 1.29 is 4.79 Å². The van der Waals surface area contributed by atoms with E-state index in [1.165, 1.54) is 24.1 Å². The first-order valence-corrected chi connectivity index (χ1v) is 8.10. The summed E-state index contributed by atoms with van der Waals surface area (Å²) < 4.78 is 0. The molecule has 0 radical (unpaired) electrons. The standard InChI is InChI=1S/C14H16N2OS2/c15-14(17)10-5-11(18-8-10)6-16-7-12-4-9-2-1-3-13(9)19-12/h4-5,8,16H,1-3,6-7H2,(H2,15,17). The van der Waals surface area contributed by atoms with Crippen LogP contribution in [-0.4, -0.2) is 5.91 Å². The van der Waals surface area contributed by atoms with Gasteiger partial charge < -0.3 is 11.1 Å². The summed E-state index contributed by atoms with van der Waals surface area (Å²) in [5, 5.41) is 5.25. The van der Waals surface area contributed by atoms with Crippen LogP contribution in [0.25, 0.3) is 0 Å². The number of nitrogens with two attached hydrogens (primary N) is 1. The maximum Gasteiger partial charge on any atom is 0.249 e. The Kier molecular flexibility index (Phi) is 3.68. The second kappa shape index (κ2) is 5.45. The van der Waals surface area contributed by atoms with Gasteiger partial charge in [0.1, 0.15) is 0 Å². The van der Waals surface area contributed by atoms with E-state index in [1.54, 1.807) is 21.8 Å². The average molecular weight is 292 g/mol. The molecule has 100 valence electrons. The lowest BCUT2D eigenvalue weighted by Gasteiger charge is -2.00. The van der Waals surface area contributed by atoms with Gasteiger partial charge >= 0.3 is 0 Å². The van der Waals surface area contributed by atoms with Crippen molar-refractivity contribution in [3.63, 3.8) is 0 Å². The molecule has 3 nitrogen and oxygen atoms in total. The minimum absolute atomic E-state index is 0.350. The highest BCUT2D eigenvalue weighted by Crippen LogP contribution is 2.30. The molecule has 0 saturated heterocycles. The lowest BCUT2D eigenvalue weighted by atomic mass is 10.2. The van der Waals surface area contributed by atoms with Crippen molar-refractivity contribution in [1.29, 1.82) is 0 Å². The van der Waals surface area contributed by atoms with E-state index in [4.69, 9.17) is 5.73 Å². The van der Waals surface area contributed by atoms with Crippen molar-refractivity contribution in [3.05, 3.63) is 43.3 Å². The minimum Gasteiger partial charge on any atom is -0.366 e. The van der Waals surface area contributed by atoms with Gasteiger partial charge in [0.05, 0.1) is 5.56 Å². The van der Waals surface area contributed by atoms with E-state index in [0.717, 1.165) is 18.0 Å². The molecule has 2 aromatic rings. The quantitative estimate of drug-likeness (QED) is 0.890. The molecule has 1 aliphatic rings. The van der Waals surface area contributed by atoms with Crippen LogP contribution < -0.4 is 11.1 Å². The van der Waals surface area contributed by atoms with Crippen molar-refractivity contribution in [2.75, 3.05) is 0 Å². The molecule has 0 fully saturated rings. The average Bonchev–Trinajstić information content (AvgIpc) is 3.02. The maximum absolute atomic E-state index is 11.0. The number of amides is 1. The molecule has 0 unspecified atom stereocenters. The SMILES string of the molecule is NC(=O)c1csc(CNCc2cc3c(s2)CCC3)c1. The number of fused-ring (bicyclic) bond motifs is 1. The summed E-state index contributed by atoms with van der Waals surface area (Å²) in [5.74, 6) is -0.350. The Labute approximate surface area is 120 Å². The second-order valence-electron chi connectivity index (χ2n) is 4.78. The zero-order valence-corrected chi connectivity index (χ0v) is 12.2. The molecule has 0 aromatic carbocycles. The Morgan fingerprint density at radius 3 is 2.84 bits per heavy atom. The van der Waals surface area contributed by atoms with Gasteiger partial charge in [-0.25, -0.2) is 0 Å². The molecule has 0 bridgehead atoms. The molecule has 0 saturated carbocycles. The van der Waals surface area contributed by atoms with E-state index < -0.39 is 0 Å². The third-order valence-electron chi connectivity index (χ3n) is 3.33. The highest BCUT2D eigenvalue weighted by molar-refractivity contribution is 7.12. The Balaban J connectivity index is 1.53. The zero-order chi connectivity index (χ0) is 13.2. The van der Waals surface area contributed by atoms with E-state index in [9.17, 15) is 4.79 Å².